The lowest BCUT2D eigenvalue weighted by molar-refractivity contribution is 0.00112. The molecule has 2 aliphatic heterocycles. The molecule has 0 radical (unpaired) electrons. The van der Waals surface area contributed by atoms with Gasteiger partial charge in [0.05, 0.1) is 6.10 Å². The first-order valence-corrected chi connectivity index (χ1v) is 10.1. The average molecular weight is 338 g/mol. The van der Waals surface area contributed by atoms with Crippen molar-refractivity contribution in [3.63, 3.8) is 0 Å². The van der Waals surface area contributed by atoms with E-state index in [4.69, 9.17) is 4.74 Å². The topological polar surface area (TPSA) is 44.8 Å². The smallest absolute Gasteiger partial charge is 0.317 e. The van der Waals surface area contributed by atoms with E-state index in [1.165, 1.54) is 25.7 Å². The molecule has 5 heteroatoms. The second-order valence-electron chi connectivity index (χ2n) is 7.91. The van der Waals surface area contributed by atoms with Crippen LogP contribution in [0.5, 0.6) is 0 Å². The largest absolute Gasteiger partial charge is 0.378 e. The Hall–Kier alpha value is -0.810. The van der Waals surface area contributed by atoms with Crippen LogP contribution in [0, 0.1) is 5.92 Å². The minimum Gasteiger partial charge on any atom is -0.378 e. The molecule has 2 heterocycles. The van der Waals surface area contributed by atoms with Crippen LogP contribution in [-0.2, 0) is 4.74 Å². The molecule has 0 bridgehead atoms. The van der Waals surface area contributed by atoms with Crippen LogP contribution in [0.2, 0.25) is 0 Å². The number of carbonyl (C=O) groups is 1. The maximum atomic E-state index is 12.5. The molecular weight excluding hydrogens is 302 g/mol. The van der Waals surface area contributed by atoms with Crippen molar-refractivity contribution in [3.05, 3.63) is 0 Å². The molecule has 24 heavy (non-hydrogen) atoms. The van der Waals surface area contributed by atoms with Crippen LogP contribution in [0.3, 0.4) is 0 Å². The van der Waals surface area contributed by atoms with Crippen LogP contribution in [0.25, 0.3) is 0 Å². The highest BCUT2D eigenvalue weighted by molar-refractivity contribution is 5.74. The molecular formula is C19H35N3O2. The van der Waals surface area contributed by atoms with Crippen LogP contribution in [0.1, 0.15) is 58.3 Å². The highest BCUT2D eigenvalue weighted by atomic mass is 16.5. The fourth-order valence-corrected chi connectivity index (χ4v) is 4.62. The highest BCUT2D eigenvalue weighted by Crippen LogP contribution is 2.24. The molecule has 2 atom stereocenters. The van der Waals surface area contributed by atoms with Crippen LogP contribution in [0.4, 0.5) is 4.79 Å². The Bertz CT molecular complexity index is 398. The Morgan fingerprint density at radius 3 is 2.71 bits per heavy atom. The standard InChI is InChI=1S/C19H35N3O2/c1-16-15-17(8-14-24-16)7-9-20-19(23)22-11-4-10-21(12-13-22)18-5-2-3-6-18/h16-18H,2-15H2,1H3,(H,20,23)/t16-,17+/m1/s1. The highest BCUT2D eigenvalue weighted by Gasteiger charge is 2.26. The van der Waals surface area contributed by atoms with E-state index < -0.39 is 0 Å². The summed E-state index contributed by atoms with van der Waals surface area (Å²) in [6.45, 7) is 7.84. The van der Waals surface area contributed by atoms with Crippen molar-refractivity contribution >= 4 is 6.03 Å². The lowest BCUT2D eigenvalue weighted by Crippen LogP contribution is -2.43. The number of urea groups is 1. The van der Waals surface area contributed by atoms with Crippen molar-refractivity contribution in [2.45, 2.75) is 70.4 Å². The number of rotatable bonds is 4. The number of hydrogen-bond acceptors (Lipinski definition) is 3. The van der Waals surface area contributed by atoms with Gasteiger partial charge in [-0.3, -0.25) is 4.90 Å². The quantitative estimate of drug-likeness (QED) is 0.858. The predicted octanol–water partition coefficient (Wildman–Crippen LogP) is 2.85. The summed E-state index contributed by atoms with van der Waals surface area (Å²) < 4.78 is 5.60. The van der Waals surface area contributed by atoms with Crippen molar-refractivity contribution in [2.75, 3.05) is 39.3 Å². The zero-order chi connectivity index (χ0) is 16.8. The van der Waals surface area contributed by atoms with E-state index in [-0.39, 0.29) is 6.03 Å². The molecule has 2 saturated heterocycles. The van der Waals surface area contributed by atoms with Gasteiger partial charge in [0.2, 0.25) is 0 Å². The maximum absolute atomic E-state index is 12.5. The van der Waals surface area contributed by atoms with Crippen molar-refractivity contribution in [1.29, 1.82) is 0 Å². The number of hydrogen-bond donors (Lipinski definition) is 1. The SMILES string of the molecule is C[C@@H]1C[C@@H](CCNC(=O)N2CCCN(C3CCCC3)CC2)CCO1. The van der Waals surface area contributed by atoms with E-state index in [1.807, 2.05) is 4.90 Å². The number of nitrogens with zero attached hydrogens (tertiary/aromatic N) is 2. The molecule has 3 rings (SSSR count). The molecule has 0 aromatic carbocycles. The molecule has 0 spiro atoms. The summed E-state index contributed by atoms with van der Waals surface area (Å²) >= 11 is 0. The van der Waals surface area contributed by atoms with Crippen LogP contribution >= 0.6 is 0 Å². The Labute approximate surface area is 147 Å². The first-order chi connectivity index (χ1) is 11.7. The monoisotopic (exact) mass is 337 g/mol. The van der Waals surface area contributed by atoms with E-state index in [2.05, 4.69) is 17.1 Å². The summed E-state index contributed by atoms with van der Waals surface area (Å²) in [5, 5.41) is 3.15. The van der Waals surface area contributed by atoms with Gasteiger partial charge in [-0.05, 0) is 51.4 Å². The van der Waals surface area contributed by atoms with E-state index in [0.29, 0.717) is 12.0 Å². The number of nitrogens with one attached hydrogen (secondary N) is 1. The van der Waals surface area contributed by atoms with E-state index >= 15 is 0 Å². The Morgan fingerprint density at radius 1 is 1.08 bits per heavy atom. The molecule has 2 amide bonds. The van der Waals surface area contributed by atoms with Crippen LogP contribution in [0.15, 0.2) is 0 Å². The number of carbonyl (C=O) groups excluding carboxylic acids is 1. The molecule has 0 unspecified atom stereocenters. The number of ether oxygens (including phenoxy) is 1. The van der Waals surface area contributed by atoms with E-state index in [9.17, 15) is 4.79 Å². The summed E-state index contributed by atoms with van der Waals surface area (Å²) in [6, 6.07) is 0.923. The fourth-order valence-electron chi connectivity index (χ4n) is 4.62. The average Bonchev–Trinajstić information content (AvgIpc) is 2.99. The van der Waals surface area contributed by atoms with E-state index in [0.717, 1.165) is 71.1 Å². The Morgan fingerprint density at radius 2 is 1.92 bits per heavy atom. The number of amides is 2. The van der Waals surface area contributed by atoms with Crippen molar-refractivity contribution in [1.82, 2.24) is 15.1 Å². The molecule has 3 aliphatic rings. The van der Waals surface area contributed by atoms with Gasteiger partial charge in [-0.1, -0.05) is 12.8 Å². The molecule has 1 N–H and O–H groups in total. The lowest BCUT2D eigenvalue weighted by Gasteiger charge is -2.28. The zero-order valence-electron chi connectivity index (χ0n) is 15.3. The summed E-state index contributed by atoms with van der Waals surface area (Å²) in [5.41, 5.74) is 0. The minimum absolute atomic E-state index is 0.142. The summed E-state index contributed by atoms with van der Waals surface area (Å²) in [7, 11) is 0. The van der Waals surface area contributed by atoms with Gasteiger partial charge in [-0.15, -0.1) is 0 Å². The Balaban J connectivity index is 1.35. The van der Waals surface area contributed by atoms with Gasteiger partial charge in [-0.2, -0.15) is 0 Å². The molecule has 5 nitrogen and oxygen atoms in total. The van der Waals surface area contributed by atoms with Crippen molar-refractivity contribution in [2.24, 2.45) is 5.92 Å². The van der Waals surface area contributed by atoms with Gasteiger partial charge >= 0.3 is 6.03 Å². The molecule has 0 aromatic heterocycles. The first kappa shape index (κ1) is 18.0. The first-order valence-electron chi connectivity index (χ1n) is 10.1. The molecule has 1 aliphatic carbocycles. The van der Waals surface area contributed by atoms with Crippen molar-refractivity contribution in [3.8, 4) is 0 Å². The summed E-state index contributed by atoms with van der Waals surface area (Å²) in [5.74, 6) is 0.705. The lowest BCUT2D eigenvalue weighted by atomic mass is 9.93. The van der Waals surface area contributed by atoms with Crippen LogP contribution in [-0.4, -0.2) is 67.3 Å². The van der Waals surface area contributed by atoms with Gasteiger partial charge in [0.15, 0.2) is 0 Å². The third kappa shape index (κ3) is 5.09. The maximum Gasteiger partial charge on any atom is 0.317 e. The molecule has 0 aromatic rings. The van der Waals surface area contributed by atoms with Crippen LogP contribution < -0.4 is 5.32 Å². The second kappa shape index (κ2) is 9.04. The summed E-state index contributed by atoms with van der Waals surface area (Å²) in [4.78, 5) is 17.1. The Kier molecular flexibility index (Phi) is 6.78. The molecule has 138 valence electrons. The second-order valence-corrected chi connectivity index (χ2v) is 7.91. The van der Waals surface area contributed by atoms with Gasteiger partial charge in [0, 0.05) is 45.4 Å². The van der Waals surface area contributed by atoms with Gasteiger partial charge < -0.3 is 15.0 Å². The normalized spacial score (nSPS) is 30.3. The van der Waals surface area contributed by atoms with Gasteiger partial charge in [0.25, 0.3) is 0 Å². The van der Waals surface area contributed by atoms with Gasteiger partial charge in [-0.25, -0.2) is 4.79 Å². The fraction of sp³-hybridized carbons (Fsp3) is 0.947. The summed E-state index contributed by atoms with van der Waals surface area (Å²) in [6.07, 6.45) is 10.3. The minimum atomic E-state index is 0.142. The van der Waals surface area contributed by atoms with Crippen molar-refractivity contribution < 1.29 is 9.53 Å². The van der Waals surface area contributed by atoms with Gasteiger partial charge in [0.1, 0.15) is 0 Å². The molecule has 1 saturated carbocycles. The zero-order valence-corrected chi connectivity index (χ0v) is 15.3. The predicted molar refractivity (Wildman–Crippen MR) is 96.2 cm³/mol. The molecule has 3 fully saturated rings. The third-order valence-electron chi connectivity index (χ3n) is 6.08. The third-order valence-corrected chi connectivity index (χ3v) is 6.08. The van der Waals surface area contributed by atoms with E-state index in [1.54, 1.807) is 0 Å².